The number of nitrogens with one attached hydrogen (secondary N) is 1. The van der Waals surface area contributed by atoms with Crippen LogP contribution < -0.4 is 5.32 Å². The van der Waals surface area contributed by atoms with Gasteiger partial charge in [-0.2, -0.15) is 0 Å². The summed E-state index contributed by atoms with van der Waals surface area (Å²) >= 11 is 0. The third-order valence-electron chi connectivity index (χ3n) is 3.38. The van der Waals surface area contributed by atoms with E-state index in [1.54, 1.807) is 0 Å². The summed E-state index contributed by atoms with van der Waals surface area (Å²) < 4.78 is 0. The molecule has 0 aromatic heterocycles. The Morgan fingerprint density at radius 1 is 1.31 bits per heavy atom. The summed E-state index contributed by atoms with van der Waals surface area (Å²) in [6.45, 7) is 9.78. The van der Waals surface area contributed by atoms with Crippen molar-refractivity contribution in [3.05, 3.63) is 0 Å². The Labute approximate surface area is 102 Å². The molecular formula is C14H28N2. The molecule has 0 rings (SSSR count). The van der Waals surface area contributed by atoms with Gasteiger partial charge in [0.05, 0.1) is 0 Å². The van der Waals surface area contributed by atoms with Gasteiger partial charge in [-0.15, -0.1) is 11.8 Å². The van der Waals surface area contributed by atoms with E-state index in [1.165, 1.54) is 6.42 Å². The first-order valence-corrected chi connectivity index (χ1v) is 6.27. The Hall–Kier alpha value is -0.520. The van der Waals surface area contributed by atoms with Gasteiger partial charge in [0.1, 0.15) is 0 Å². The molecule has 1 unspecified atom stereocenters. The van der Waals surface area contributed by atoms with Crippen LogP contribution in [0.4, 0.5) is 0 Å². The van der Waals surface area contributed by atoms with Crippen LogP contribution in [0.1, 0.15) is 47.0 Å². The Balaban J connectivity index is 4.43. The van der Waals surface area contributed by atoms with E-state index in [1.807, 2.05) is 6.92 Å². The third-order valence-corrected chi connectivity index (χ3v) is 3.38. The maximum atomic E-state index is 3.64. The lowest BCUT2D eigenvalue weighted by Gasteiger charge is -2.40. The van der Waals surface area contributed by atoms with Crippen molar-refractivity contribution in [1.29, 1.82) is 0 Å². The van der Waals surface area contributed by atoms with Crippen LogP contribution in [0.15, 0.2) is 0 Å². The zero-order chi connectivity index (χ0) is 12.6. The summed E-state index contributed by atoms with van der Waals surface area (Å²) in [6, 6.07) is 0.503. The van der Waals surface area contributed by atoms with E-state index in [2.05, 4.69) is 56.9 Å². The molecule has 0 aliphatic carbocycles. The highest BCUT2D eigenvalue weighted by molar-refractivity contribution is 4.99. The van der Waals surface area contributed by atoms with Crippen LogP contribution in [0.3, 0.4) is 0 Å². The summed E-state index contributed by atoms with van der Waals surface area (Å²) in [5, 5.41) is 3.64. The van der Waals surface area contributed by atoms with Crippen LogP contribution >= 0.6 is 0 Å². The Bertz CT molecular complexity index is 233. The summed E-state index contributed by atoms with van der Waals surface area (Å²) in [5.41, 5.74) is 0.171. The van der Waals surface area contributed by atoms with Gasteiger partial charge in [0.25, 0.3) is 0 Å². The number of hydrogen-bond acceptors (Lipinski definition) is 2. The minimum absolute atomic E-state index is 0.171. The highest BCUT2D eigenvalue weighted by Gasteiger charge is 2.30. The van der Waals surface area contributed by atoms with Crippen LogP contribution in [0, 0.1) is 11.8 Å². The maximum absolute atomic E-state index is 3.64. The van der Waals surface area contributed by atoms with Crippen molar-refractivity contribution in [1.82, 2.24) is 10.2 Å². The van der Waals surface area contributed by atoms with Crippen LogP contribution in [-0.2, 0) is 0 Å². The van der Waals surface area contributed by atoms with Gasteiger partial charge in [0.2, 0.25) is 0 Å². The van der Waals surface area contributed by atoms with E-state index in [4.69, 9.17) is 0 Å². The first-order chi connectivity index (χ1) is 7.46. The van der Waals surface area contributed by atoms with Crippen molar-refractivity contribution in [2.24, 2.45) is 0 Å². The van der Waals surface area contributed by atoms with E-state index in [9.17, 15) is 0 Å². The molecule has 0 bridgehead atoms. The van der Waals surface area contributed by atoms with Crippen molar-refractivity contribution in [2.45, 2.75) is 58.5 Å². The second-order valence-electron chi connectivity index (χ2n) is 5.02. The minimum atomic E-state index is 0.171. The van der Waals surface area contributed by atoms with Crippen LogP contribution in [0.25, 0.3) is 0 Å². The SMILES string of the molecule is CC#CCCC(NCCC)C(C)(C)N(C)C. The van der Waals surface area contributed by atoms with E-state index in [0.29, 0.717) is 6.04 Å². The molecule has 94 valence electrons. The Morgan fingerprint density at radius 3 is 2.38 bits per heavy atom. The van der Waals surface area contributed by atoms with Gasteiger partial charge in [0.15, 0.2) is 0 Å². The van der Waals surface area contributed by atoms with Gasteiger partial charge in [-0.3, -0.25) is 0 Å². The molecular weight excluding hydrogens is 196 g/mol. The maximum Gasteiger partial charge on any atom is 0.0300 e. The standard InChI is InChI=1S/C14H28N2/c1-7-9-10-11-13(15-12-8-2)14(3,4)16(5)6/h13,15H,8,10-12H2,1-6H3. The fraction of sp³-hybridized carbons (Fsp3) is 0.857. The molecule has 0 spiro atoms. The molecule has 0 saturated carbocycles. The molecule has 1 atom stereocenters. The molecule has 0 fully saturated rings. The van der Waals surface area contributed by atoms with E-state index in [-0.39, 0.29) is 5.54 Å². The van der Waals surface area contributed by atoms with Crippen LogP contribution in [-0.4, -0.2) is 37.1 Å². The molecule has 2 nitrogen and oxygen atoms in total. The van der Waals surface area contributed by atoms with Crippen LogP contribution in [0.2, 0.25) is 0 Å². The average Bonchev–Trinajstić information content (AvgIpc) is 2.22. The molecule has 0 aromatic rings. The van der Waals surface area contributed by atoms with Crippen molar-refractivity contribution in [3.63, 3.8) is 0 Å². The second kappa shape index (κ2) is 7.70. The number of rotatable bonds is 7. The van der Waals surface area contributed by atoms with Gasteiger partial charge in [-0.1, -0.05) is 6.92 Å². The zero-order valence-corrected chi connectivity index (χ0v) is 11.9. The van der Waals surface area contributed by atoms with Gasteiger partial charge in [-0.05, 0) is 54.3 Å². The van der Waals surface area contributed by atoms with Gasteiger partial charge in [0, 0.05) is 18.0 Å². The van der Waals surface area contributed by atoms with Gasteiger partial charge in [-0.25, -0.2) is 0 Å². The molecule has 0 aliphatic heterocycles. The van der Waals surface area contributed by atoms with Crippen LogP contribution in [0.5, 0.6) is 0 Å². The first-order valence-electron chi connectivity index (χ1n) is 6.27. The highest BCUT2D eigenvalue weighted by atomic mass is 15.2. The lowest BCUT2D eigenvalue weighted by molar-refractivity contribution is 0.133. The zero-order valence-electron chi connectivity index (χ0n) is 11.9. The van der Waals surface area contributed by atoms with Crippen molar-refractivity contribution in [2.75, 3.05) is 20.6 Å². The minimum Gasteiger partial charge on any atom is -0.312 e. The van der Waals surface area contributed by atoms with E-state index >= 15 is 0 Å². The summed E-state index contributed by atoms with van der Waals surface area (Å²) in [4.78, 5) is 2.29. The average molecular weight is 224 g/mol. The molecule has 0 aromatic carbocycles. The van der Waals surface area contributed by atoms with Crippen molar-refractivity contribution in [3.8, 4) is 11.8 Å². The summed E-state index contributed by atoms with van der Waals surface area (Å²) in [7, 11) is 4.29. The fourth-order valence-corrected chi connectivity index (χ4v) is 1.68. The molecule has 0 saturated heterocycles. The first kappa shape index (κ1) is 15.5. The normalized spacial score (nSPS) is 13.4. The topological polar surface area (TPSA) is 15.3 Å². The lowest BCUT2D eigenvalue weighted by Crippen LogP contribution is -2.55. The molecule has 0 radical (unpaired) electrons. The molecule has 2 heteroatoms. The molecule has 0 amide bonds. The number of nitrogens with zero attached hydrogens (tertiary/aromatic N) is 1. The lowest BCUT2D eigenvalue weighted by atomic mass is 9.89. The van der Waals surface area contributed by atoms with Gasteiger partial charge < -0.3 is 10.2 Å². The monoisotopic (exact) mass is 224 g/mol. The van der Waals surface area contributed by atoms with Crippen molar-refractivity contribution < 1.29 is 0 Å². The van der Waals surface area contributed by atoms with Crippen molar-refractivity contribution >= 4 is 0 Å². The summed E-state index contributed by atoms with van der Waals surface area (Å²) in [5.74, 6) is 6.13. The molecule has 1 N–H and O–H groups in total. The van der Waals surface area contributed by atoms with E-state index < -0.39 is 0 Å². The number of likely N-dealkylation sites (N-methyl/N-ethyl adjacent to an activating group) is 1. The predicted molar refractivity (Wildman–Crippen MR) is 72.5 cm³/mol. The molecule has 16 heavy (non-hydrogen) atoms. The smallest absolute Gasteiger partial charge is 0.0300 e. The van der Waals surface area contributed by atoms with E-state index in [0.717, 1.165) is 19.4 Å². The predicted octanol–water partition coefficient (Wildman–Crippen LogP) is 2.50. The molecule has 0 aliphatic rings. The van der Waals surface area contributed by atoms with Gasteiger partial charge >= 0.3 is 0 Å². The largest absolute Gasteiger partial charge is 0.312 e. The number of hydrogen-bond donors (Lipinski definition) is 1. The Kier molecular flexibility index (Phi) is 7.45. The molecule has 0 heterocycles. The third kappa shape index (κ3) is 5.01. The Morgan fingerprint density at radius 2 is 1.94 bits per heavy atom. The highest BCUT2D eigenvalue weighted by Crippen LogP contribution is 2.19. The summed E-state index contributed by atoms with van der Waals surface area (Å²) in [6.07, 6.45) is 3.28. The second-order valence-corrected chi connectivity index (χ2v) is 5.02. The quantitative estimate of drug-likeness (QED) is 0.668. The fourth-order valence-electron chi connectivity index (χ4n) is 1.68.